The molecule has 20 heavy (non-hydrogen) atoms. The number of nitrogens with two attached hydrogens (primary N) is 1. The number of rotatable bonds is 2. The van der Waals surface area contributed by atoms with Gasteiger partial charge in [0.2, 0.25) is 5.91 Å². The van der Waals surface area contributed by atoms with Crippen molar-refractivity contribution in [3.05, 3.63) is 0 Å². The maximum Gasteiger partial charge on any atom is 0.225 e. The molecule has 1 amide bonds. The highest BCUT2D eigenvalue weighted by atomic mass is 16.2. The minimum atomic E-state index is 0.275. The van der Waals surface area contributed by atoms with E-state index < -0.39 is 0 Å². The number of likely N-dealkylation sites (tertiary alicyclic amines) is 1. The van der Waals surface area contributed by atoms with E-state index in [0.29, 0.717) is 29.8 Å². The van der Waals surface area contributed by atoms with Gasteiger partial charge in [-0.25, -0.2) is 0 Å². The maximum absolute atomic E-state index is 12.9. The van der Waals surface area contributed by atoms with Crippen LogP contribution in [-0.2, 0) is 4.79 Å². The third-order valence-electron chi connectivity index (χ3n) is 6.14. The molecule has 3 aliphatic rings. The van der Waals surface area contributed by atoms with E-state index in [2.05, 4.69) is 11.8 Å². The Balaban J connectivity index is 1.68. The molecule has 3 nitrogen and oxygen atoms in total. The van der Waals surface area contributed by atoms with Gasteiger partial charge in [-0.1, -0.05) is 13.3 Å². The van der Waals surface area contributed by atoms with Gasteiger partial charge < -0.3 is 10.6 Å². The molecule has 3 fully saturated rings. The lowest BCUT2D eigenvalue weighted by Crippen LogP contribution is -2.52. The molecule has 0 radical (unpaired) electrons. The average molecular weight is 278 g/mol. The molecule has 3 unspecified atom stereocenters. The van der Waals surface area contributed by atoms with Crippen molar-refractivity contribution in [2.45, 2.75) is 76.8 Å². The zero-order chi connectivity index (χ0) is 14.1. The van der Waals surface area contributed by atoms with Crippen molar-refractivity contribution >= 4 is 5.91 Å². The van der Waals surface area contributed by atoms with Crippen molar-refractivity contribution in [3.63, 3.8) is 0 Å². The summed E-state index contributed by atoms with van der Waals surface area (Å²) in [6.45, 7) is 3.22. The lowest BCUT2D eigenvalue weighted by Gasteiger charge is -2.46. The van der Waals surface area contributed by atoms with Crippen LogP contribution in [-0.4, -0.2) is 29.4 Å². The van der Waals surface area contributed by atoms with Gasteiger partial charge in [-0.2, -0.15) is 0 Å². The Hall–Kier alpha value is -0.570. The van der Waals surface area contributed by atoms with E-state index in [1.165, 1.54) is 38.5 Å². The number of amides is 1. The van der Waals surface area contributed by atoms with Crippen LogP contribution in [0.3, 0.4) is 0 Å². The summed E-state index contributed by atoms with van der Waals surface area (Å²) in [5, 5.41) is 0. The topological polar surface area (TPSA) is 46.3 Å². The first kappa shape index (κ1) is 14.4. The zero-order valence-electron chi connectivity index (χ0n) is 12.9. The quantitative estimate of drug-likeness (QED) is 0.844. The highest BCUT2D eigenvalue weighted by Crippen LogP contribution is 2.42. The molecule has 1 saturated heterocycles. The summed E-state index contributed by atoms with van der Waals surface area (Å²) in [6, 6.07) is 0.878. The Morgan fingerprint density at radius 2 is 1.80 bits per heavy atom. The van der Waals surface area contributed by atoms with Crippen LogP contribution in [0, 0.1) is 17.8 Å². The predicted octanol–water partition coefficient (Wildman–Crippen LogP) is 2.93. The van der Waals surface area contributed by atoms with E-state index in [9.17, 15) is 4.79 Å². The number of hydrogen-bond acceptors (Lipinski definition) is 2. The SMILES string of the molecule is CCC1CCCCN1C(=O)C1CC2CCCC(C1)C2N. The van der Waals surface area contributed by atoms with Crippen LogP contribution in [0.15, 0.2) is 0 Å². The van der Waals surface area contributed by atoms with Gasteiger partial charge in [-0.3, -0.25) is 4.79 Å². The Morgan fingerprint density at radius 1 is 1.10 bits per heavy atom. The number of carbonyl (C=O) groups is 1. The maximum atomic E-state index is 12.9. The molecule has 0 aromatic rings. The van der Waals surface area contributed by atoms with E-state index in [-0.39, 0.29) is 5.92 Å². The average Bonchev–Trinajstić information content (AvgIpc) is 2.46. The molecule has 0 aromatic heterocycles. The summed E-state index contributed by atoms with van der Waals surface area (Å²) in [6.07, 6.45) is 10.8. The molecule has 114 valence electrons. The predicted molar refractivity (Wildman–Crippen MR) is 81.2 cm³/mol. The van der Waals surface area contributed by atoms with E-state index in [0.717, 1.165) is 25.8 Å². The smallest absolute Gasteiger partial charge is 0.225 e. The molecule has 2 aliphatic carbocycles. The van der Waals surface area contributed by atoms with Crippen molar-refractivity contribution in [3.8, 4) is 0 Å². The van der Waals surface area contributed by atoms with Crippen molar-refractivity contribution in [1.29, 1.82) is 0 Å². The molecular formula is C17H30N2O. The third-order valence-corrected chi connectivity index (χ3v) is 6.14. The summed E-state index contributed by atoms with van der Waals surface area (Å²) in [5.74, 6) is 1.96. The minimum Gasteiger partial charge on any atom is -0.339 e. The van der Waals surface area contributed by atoms with Crippen LogP contribution in [0.25, 0.3) is 0 Å². The third kappa shape index (κ3) is 2.61. The monoisotopic (exact) mass is 278 g/mol. The molecular weight excluding hydrogens is 248 g/mol. The Morgan fingerprint density at radius 3 is 2.45 bits per heavy atom. The van der Waals surface area contributed by atoms with Gasteiger partial charge >= 0.3 is 0 Å². The molecule has 0 aromatic carbocycles. The van der Waals surface area contributed by atoms with Gasteiger partial charge in [0.25, 0.3) is 0 Å². The van der Waals surface area contributed by atoms with E-state index in [1.54, 1.807) is 0 Å². The van der Waals surface area contributed by atoms with Crippen LogP contribution in [0.4, 0.5) is 0 Å². The number of nitrogens with zero attached hydrogens (tertiary/aromatic N) is 1. The van der Waals surface area contributed by atoms with Gasteiger partial charge in [0, 0.05) is 24.5 Å². The fraction of sp³-hybridized carbons (Fsp3) is 0.941. The van der Waals surface area contributed by atoms with E-state index >= 15 is 0 Å². The normalized spacial score (nSPS) is 41.5. The second kappa shape index (κ2) is 6.05. The first-order valence-corrected chi connectivity index (χ1v) is 8.76. The Labute approximate surface area is 123 Å². The molecule has 3 atom stereocenters. The van der Waals surface area contributed by atoms with Crippen LogP contribution in [0.2, 0.25) is 0 Å². The van der Waals surface area contributed by atoms with Crippen molar-refractivity contribution in [2.75, 3.05) is 6.54 Å². The van der Waals surface area contributed by atoms with Crippen LogP contribution >= 0.6 is 0 Å². The molecule has 0 spiro atoms. The highest BCUT2D eigenvalue weighted by molar-refractivity contribution is 5.79. The van der Waals surface area contributed by atoms with Crippen LogP contribution in [0.1, 0.15) is 64.7 Å². The molecule has 1 aliphatic heterocycles. The van der Waals surface area contributed by atoms with Gasteiger partial charge in [0.05, 0.1) is 0 Å². The van der Waals surface area contributed by atoms with E-state index in [1.807, 2.05) is 0 Å². The standard InChI is InChI=1S/C17H30N2O/c1-2-15-8-3-4-9-19(15)17(20)14-10-12-6-5-7-13(11-14)16(12)18/h12-16H,2-11,18H2,1H3. The van der Waals surface area contributed by atoms with Crippen LogP contribution < -0.4 is 5.73 Å². The number of carbonyl (C=O) groups excluding carboxylic acids is 1. The fourth-order valence-electron chi connectivity index (χ4n) is 4.94. The number of piperidine rings is 1. The lowest BCUT2D eigenvalue weighted by atomic mass is 9.64. The first-order valence-electron chi connectivity index (χ1n) is 8.76. The largest absolute Gasteiger partial charge is 0.339 e. The molecule has 2 saturated carbocycles. The fourth-order valence-corrected chi connectivity index (χ4v) is 4.94. The summed E-state index contributed by atoms with van der Waals surface area (Å²) >= 11 is 0. The van der Waals surface area contributed by atoms with Gasteiger partial charge in [-0.05, 0) is 63.2 Å². The molecule has 2 bridgehead atoms. The highest BCUT2D eigenvalue weighted by Gasteiger charge is 2.42. The van der Waals surface area contributed by atoms with Crippen molar-refractivity contribution in [1.82, 2.24) is 4.90 Å². The summed E-state index contributed by atoms with van der Waals surface area (Å²) in [5.41, 5.74) is 6.35. The molecule has 3 rings (SSSR count). The van der Waals surface area contributed by atoms with E-state index in [4.69, 9.17) is 5.73 Å². The minimum absolute atomic E-state index is 0.275. The second-order valence-electron chi connectivity index (χ2n) is 7.29. The molecule has 2 N–H and O–H groups in total. The Bertz CT molecular complexity index is 343. The summed E-state index contributed by atoms with van der Waals surface area (Å²) in [4.78, 5) is 15.2. The second-order valence-corrected chi connectivity index (χ2v) is 7.29. The van der Waals surface area contributed by atoms with Gasteiger partial charge in [0.15, 0.2) is 0 Å². The van der Waals surface area contributed by atoms with Gasteiger partial charge in [0.1, 0.15) is 0 Å². The van der Waals surface area contributed by atoms with Crippen LogP contribution in [0.5, 0.6) is 0 Å². The summed E-state index contributed by atoms with van der Waals surface area (Å²) < 4.78 is 0. The number of fused-ring (bicyclic) bond motifs is 2. The zero-order valence-corrected chi connectivity index (χ0v) is 12.9. The number of hydrogen-bond donors (Lipinski definition) is 1. The van der Waals surface area contributed by atoms with Gasteiger partial charge in [-0.15, -0.1) is 0 Å². The Kier molecular flexibility index (Phi) is 4.34. The summed E-state index contributed by atoms with van der Waals surface area (Å²) in [7, 11) is 0. The first-order chi connectivity index (χ1) is 9.70. The molecule has 3 heteroatoms. The molecule has 1 heterocycles. The van der Waals surface area contributed by atoms with Crippen molar-refractivity contribution in [2.24, 2.45) is 23.5 Å². The lowest BCUT2D eigenvalue weighted by molar-refractivity contribution is -0.142. The van der Waals surface area contributed by atoms with Crippen molar-refractivity contribution < 1.29 is 4.79 Å².